The number of hydrogen-bond acceptors (Lipinski definition) is 7. The van der Waals surface area contributed by atoms with E-state index in [9.17, 15) is 22.8 Å². The van der Waals surface area contributed by atoms with E-state index in [-0.39, 0.29) is 23.3 Å². The summed E-state index contributed by atoms with van der Waals surface area (Å²) in [4.78, 5) is 34.3. The molecule has 1 unspecified atom stereocenters. The van der Waals surface area contributed by atoms with Crippen LogP contribution in [-0.2, 0) is 17.5 Å². The summed E-state index contributed by atoms with van der Waals surface area (Å²) in [6.45, 7) is 2.48. The maximum atomic E-state index is 13.4. The summed E-state index contributed by atoms with van der Waals surface area (Å²) in [6, 6.07) is 11.3. The molecule has 2 aliphatic rings. The van der Waals surface area contributed by atoms with Gasteiger partial charge in [-0.15, -0.1) is 0 Å². The molecule has 2 aliphatic heterocycles. The van der Waals surface area contributed by atoms with E-state index in [0.717, 1.165) is 38.1 Å². The van der Waals surface area contributed by atoms with Crippen LogP contribution in [0.15, 0.2) is 48.5 Å². The lowest BCUT2D eigenvalue weighted by molar-refractivity contribution is -0.137. The zero-order valence-electron chi connectivity index (χ0n) is 20.8. The third kappa shape index (κ3) is 6.28. The van der Waals surface area contributed by atoms with Crippen molar-refractivity contribution in [3.63, 3.8) is 0 Å². The summed E-state index contributed by atoms with van der Waals surface area (Å²) in [7, 11) is 0. The van der Waals surface area contributed by atoms with Crippen LogP contribution in [0.5, 0.6) is 17.4 Å². The molecule has 9 nitrogen and oxygen atoms in total. The van der Waals surface area contributed by atoms with Crippen molar-refractivity contribution in [3.8, 4) is 28.8 Å². The monoisotopic (exact) mass is 541 g/mol. The number of nitrogens with zero attached hydrogens (tertiary/aromatic N) is 3. The van der Waals surface area contributed by atoms with Crippen LogP contribution in [-0.4, -0.2) is 52.4 Å². The minimum Gasteiger partial charge on any atom is -0.464 e. The lowest BCUT2D eigenvalue weighted by Gasteiger charge is -2.19. The zero-order valence-corrected chi connectivity index (χ0v) is 20.8. The van der Waals surface area contributed by atoms with E-state index in [1.807, 2.05) is 0 Å². The minimum atomic E-state index is -4.45. The Labute approximate surface area is 222 Å². The Balaban J connectivity index is 1.38. The van der Waals surface area contributed by atoms with E-state index in [4.69, 9.17) is 15.2 Å². The van der Waals surface area contributed by atoms with Gasteiger partial charge in [0, 0.05) is 36.7 Å². The maximum Gasteiger partial charge on any atom is 0.416 e. The second-order valence-electron chi connectivity index (χ2n) is 9.40. The van der Waals surface area contributed by atoms with E-state index in [2.05, 4.69) is 20.2 Å². The molecule has 3 heterocycles. The molecule has 5 rings (SSSR count). The van der Waals surface area contributed by atoms with Crippen molar-refractivity contribution in [3.05, 3.63) is 65.4 Å². The highest BCUT2D eigenvalue weighted by Crippen LogP contribution is 2.35. The van der Waals surface area contributed by atoms with Crippen molar-refractivity contribution < 1.29 is 32.2 Å². The average molecular weight is 542 g/mol. The van der Waals surface area contributed by atoms with Gasteiger partial charge in [0.25, 0.3) is 11.8 Å². The van der Waals surface area contributed by atoms with E-state index < -0.39 is 23.8 Å². The molecule has 1 aromatic heterocycles. The maximum absolute atomic E-state index is 13.4. The van der Waals surface area contributed by atoms with Gasteiger partial charge in [-0.1, -0.05) is 0 Å². The molecule has 2 aromatic carbocycles. The highest BCUT2D eigenvalue weighted by atomic mass is 19.4. The molecule has 12 heteroatoms. The van der Waals surface area contributed by atoms with Crippen LogP contribution >= 0.6 is 0 Å². The standard InChI is InChI=1S/C27H26F3N5O4/c28-27(29,30)18-5-8-21(17(13-18)15-35-11-1-2-12-35)38-19-6-3-16(4-7-19)25-33-20(24(31)36)14-23(34-25)39-22-9-10-32-26(22)37/h3-8,13-14,22H,1-2,9-12,15H2,(H2,31,36)(H,32,37). The van der Waals surface area contributed by atoms with Crippen molar-refractivity contribution in [1.82, 2.24) is 20.2 Å². The van der Waals surface area contributed by atoms with E-state index in [1.165, 1.54) is 12.1 Å². The molecule has 0 aliphatic carbocycles. The van der Waals surface area contributed by atoms with E-state index in [1.54, 1.807) is 24.3 Å². The smallest absolute Gasteiger partial charge is 0.416 e. The number of aromatic nitrogens is 2. The first-order valence-corrected chi connectivity index (χ1v) is 12.5. The molecule has 2 fully saturated rings. The minimum absolute atomic E-state index is 0.0347. The number of halogens is 3. The summed E-state index contributed by atoms with van der Waals surface area (Å²) in [5, 5.41) is 2.66. The third-order valence-corrected chi connectivity index (χ3v) is 6.54. The van der Waals surface area contributed by atoms with Gasteiger partial charge in [0.1, 0.15) is 17.2 Å². The SMILES string of the molecule is NC(=O)c1cc(OC2CCNC2=O)nc(-c2ccc(Oc3ccc(C(F)(F)F)cc3CN3CCCC3)cc2)n1. The Kier molecular flexibility index (Phi) is 7.38. The predicted octanol–water partition coefficient (Wildman–Crippen LogP) is 3.92. The van der Waals surface area contributed by atoms with Crippen molar-refractivity contribution >= 4 is 11.8 Å². The molecule has 0 bridgehead atoms. The largest absolute Gasteiger partial charge is 0.464 e. The van der Waals surface area contributed by atoms with Crippen molar-refractivity contribution in [2.45, 2.75) is 38.1 Å². The van der Waals surface area contributed by atoms with Crippen LogP contribution in [0, 0.1) is 0 Å². The summed E-state index contributed by atoms with van der Waals surface area (Å²) in [5.41, 5.74) is 5.59. The number of ether oxygens (including phenoxy) is 2. The number of likely N-dealkylation sites (tertiary alicyclic amines) is 1. The second-order valence-corrected chi connectivity index (χ2v) is 9.40. The molecule has 204 valence electrons. The molecule has 3 aromatic rings. The van der Waals surface area contributed by atoms with Crippen LogP contribution in [0.3, 0.4) is 0 Å². The fourth-order valence-electron chi connectivity index (χ4n) is 4.53. The van der Waals surface area contributed by atoms with Gasteiger partial charge in [-0.05, 0) is 68.4 Å². The Morgan fingerprint density at radius 1 is 1.08 bits per heavy atom. The Hall–Kier alpha value is -4.19. The Morgan fingerprint density at radius 2 is 1.82 bits per heavy atom. The zero-order chi connectivity index (χ0) is 27.6. The molecule has 0 saturated carbocycles. The first-order valence-electron chi connectivity index (χ1n) is 12.5. The number of nitrogens with one attached hydrogen (secondary N) is 1. The topological polar surface area (TPSA) is 120 Å². The number of primary amides is 1. The molecule has 0 spiro atoms. The van der Waals surface area contributed by atoms with Gasteiger partial charge in [0.15, 0.2) is 11.9 Å². The Morgan fingerprint density at radius 3 is 2.46 bits per heavy atom. The van der Waals surface area contributed by atoms with Crippen molar-refractivity contribution in [2.24, 2.45) is 5.73 Å². The predicted molar refractivity (Wildman–Crippen MR) is 134 cm³/mol. The second kappa shape index (κ2) is 10.9. The summed E-state index contributed by atoms with van der Waals surface area (Å²) < 4.78 is 51.7. The number of alkyl halides is 3. The lowest BCUT2D eigenvalue weighted by atomic mass is 10.1. The highest BCUT2D eigenvalue weighted by Gasteiger charge is 2.32. The van der Waals surface area contributed by atoms with Crippen molar-refractivity contribution in [1.29, 1.82) is 0 Å². The number of carbonyl (C=O) groups excluding carboxylic acids is 2. The van der Waals surface area contributed by atoms with Crippen LogP contribution in [0.4, 0.5) is 13.2 Å². The van der Waals surface area contributed by atoms with Crippen molar-refractivity contribution in [2.75, 3.05) is 19.6 Å². The molecular formula is C27H26F3N5O4. The van der Waals surface area contributed by atoms with Gasteiger partial charge in [-0.3, -0.25) is 14.5 Å². The number of rotatable bonds is 8. The fraction of sp³-hybridized carbons (Fsp3) is 0.333. The third-order valence-electron chi connectivity index (χ3n) is 6.54. The van der Waals surface area contributed by atoms with Crippen LogP contribution < -0.4 is 20.5 Å². The van der Waals surface area contributed by atoms with Crippen LogP contribution in [0.25, 0.3) is 11.4 Å². The molecule has 3 N–H and O–H groups in total. The van der Waals surface area contributed by atoms with Gasteiger partial charge in [-0.2, -0.15) is 18.2 Å². The first kappa shape index (κ1) is 26.4. The first-order chi connectivity index (χ1) is 18.7. The molecule has 1 atom stereocenters. The van der Waals surface area contributed by atoms with Crippen LogP contribution in [0.2, 0.25) is 0 Å². The summed E-state index contributed by atoms with van der Waals surface area (Å²) in [5.74, 6) is -0.147. The summed E-state index contributed by atoms with van der Waals surface area (Å²) >= 11 is 0. The Bertz CT molecular complexity index is 1370. The number of hydrogen-bond donors (Lipinski definition) is 2. The van der Waals surface area contributed by atoms with E-state index >= 15 is 0 Å². The quantitative estimate of drug-likeness (QED) is 0.444. The highest BCUT2D eigenvalue weighted by molar-refractivity contribution is 5.91. The summed E-state index contributed by atoms with van der Waals surface area (Å²) in [6.07, 6.45) is -2.71. The molecule has 2 saturated heterocycles. The lowest BCUT2D eigenvalue weighted by Crippen LogP contribution is -2.28. The van der Waals surface area contributed by atoms with Gasteiger partial charge < -0.3 is 20.5 Å². The van der Waals surface area contributed by atoms with Crippen LogP contribution in [0.1, 0.15) is 40.9 Å². The van der Waals surface area contributed by atoms with Gasteiger partial charge in [0.05, 0.1) is 5.56 Å². The molecule has 2 amide bonds. The average Bonchev–Trinajstić information content (AvgIpc) is 3.56. The molecular weight excluding hydrogens is 515 g/mol. The van der Waals surface area contributed by atoms with Gasteiger partial charge in [-0.25, -0.2) is 4.98 Å². The van der Waals surface area contributed by atoms with E-state index in [0.29, 0.717) is 42.1 Å². The molecule has 39 heavy (non-hydrogen) atoms. The van der Waals surface area contributed by atoms with Gasteiger partial charge >= 0.3 is 6.18 Å². The fourth-order valence-corrected chi connectivity index (χ4v) is 4.53. The normalized spacial score (nSPS) is 17.7. The number of nitrogens with two attached hydrogens (primary N) is 1. The molecule has 0 radical (unpaired) electrons. The van der Waals surface area contributed by atoms with Gasteiger partial charge in [0.2, 0.25) is 5.88 Å². The number of carbonyl (C=O) groups is 2. The number of amides is 2. The number of benzene rings is 2.